The molecule has 0 aliphatic rings. The van der Waals surface area contributed by atoms with Crippen LogP contribution in [-0.4, -0.2) is 38.9 Å². The molecule has 1 N–H and O–H groups in total. The van der Waals surface area contributed by atoms with E-state index in [0.717, 1.165) is 13.0 Å². The van der Waals surface area contributed by atoms with Crippen molar-refractivity contribution < 1.29 is 14.3 Å². The summed E-state index contributed by atoms with van der Waals surface area (Å²) in [5.41, 5.74) is 0. The molecule has 0 aromatic carbocycles. The standard InChI is InChI=1S/C9H19NO3/c1-4-6-10-8(7-12-3)9(11)13-5-2/h8,10H,4-7H2,1-3H3/t8-/m0/s1. The van der Waals surface area contributed by atoms with Gasteiger partial charge in [-0.15, -0.1) is 0 Å². The Hall–Kier alpha value is -0.610. The van der Waals surface area contributed by atoms with Gasteiger partial charge in [-0.05, 0) is 19.9 Å². The minimum absolute atomic E-state index is 0.238. The summed E-state index contributed by atoms with van der Waals surface area (Å²) in [6.07, 6.45) is 0.986. The lowest BCUT2D eigenvalue weighted by molar-refractivity contribution is -0.147. The van der Waals surface area contributed by atoms with Crippen molar-refractivity contribution in [2.24, 2.45) is 0 Å². The second-order valence-electron chi connectivity index (χ2n) is 2.71. The lowest BCUT2D eigenvalue weighted by Gasteiger charge is -2.15. The Bertz CT molecular complexity index is 139. The molecule has 1 atom stereocenters. The first-order valence-corrected chi connectivity index (χ1v) is 4.65. The molecule has 0 aliphatic carbocycles. The van der Waals surface area contributed by atoms with E-state index in [1.807, 2.05) is 6.92 Å². The smallest absolute Gasteiger partial charge is 0.325 e. The highest BCUT2D eigenvalue weighted by Gasteiger charge is 2.17. The average molecular weight is 189 g/mol. The molecule has 0 bridgehead atoms. The lowest BCUT2D eigenvalue weighted by atomic mass is 10.3. The van der Waals surface area contributed by atoms with Crippen LogP contribution < -0.4 is 5.32 Å². The quantitative estimate of drug-likeness (QED) is 0.595. The zero-order valence-corrected chi connectivity index (χ0v) is 8.63. The van der Waals surface area contributed by atoms with Crippen LogP contribution >= 0.6 is 0 Å². The van der Waals surface area contributed by atoms with Crippen LogP contribution in [0.15, 0.2) is 0 Å². The maximum Gasteiger partial charge on any atom is 0.325 e. The van der Waals surface area contributed by atoms with Gasteiger partial charge in [-0.3, -0.25) is 4.79 Å². The topological polar surface area (TPSA) is 47.6 Å². The van der Waals surface area contributed by atoms with Crippen molar-refractivity contribution in [2.45, 2.75) is 26.3 Å². The van der Waals surface area contributed by atoms with E-state index in [1.165, 1.54) is 0 Å². The molecule has 0 radical (unpaired) electrons. The van der Waals surface area contributed by atoms with E-state index in [4.69, 9.17) is 9.47 Å². The molecule has 0 saturated carbocycles. The maximum absolute atomic E-state index is 11.3. The summed E-state index contributed by atoms with van der Waals surface area (Å²) < 4.78 is 9.78. The Morgan fingerprint density at radius 2 is 2.15 bits per heavy atom. The second kappa shape index (κ2) is 8.01. The Morgan fingerprint density at radius 1 is 1.46 bits per heavy atom. The fourth-order valence-electron chi connectivity index (χ4n) is 0.938. The predicted octanol–water partition coefficient (Wildman–Crippen LogP) is 0.564. The largest absolute Gasteiger partial charge is 0.465 e. The van der Waals surface area contributed by atoms with E-state index < -0.39 is 0 Å². The third-order valence-corrected chi connectivity index (χ3v) is 1.55. The minimum Gasteiger partial charge on any atom is -0.465 e. The van der Waals surface area contributed by atoms with Crippen molar-refractivity contribution in [2.75, 3.05) is 26.9 Å². The summed E-state index contributed by atoms with van der Waals surface area (Å²) in [7, 11) is 1.57. The zero-order valence-electron chi connectivity index (χ0n) is 8.63. The summed E-state index contributed by atoms with van der Waals surface area (Å²) in [6.45, 7) is 5.40. The monoisotopic (exact) mass is 189 g/mol. The van der Waals surface area contributed by atoms with E-state index in [-0.39, 0.29) is 12.0 Å². The second-order valence-corrected chi connectivity index (χ2v) is 2.71. The van der Waals surface area contributed by atoms with Crippen LogP contribution in [-0.2, 0) is 14.3 Å². The van der Waals surface area contributed by atoms with Gasteiger partial charge in [0.15, 0.2) is 0 Å². The molecular formula is C9H19NO3. The highest BCUT2D eigenvalue weighted by Crippen LogP contribution is 1.91. The fourth-order valence-corrected chi connectivity index (χ4v) is 0.938. The third kappa shape index (κ3) is 5.60. The Labute approximate surface area is 79.6 Å². The van der Waals surface area contributed by atoms with Gasteiger partial charge in [0.05, 0.1) is 13.2 Å². The molecule has 0 rings (SSSR count). The van der Waals surface area contributed by atoms with Gasteiger partial charge < -0.3 is 14.8 Å². The number of hydrogen-bond acceptors (Lipinski definition) is 4. The van der Waals surface area contributed by atoms with Crippen molar-refractivity contribution in [3.8, 4) is 0 Å². The SMILES string of the molecule is CCCN[C@@H](COC)C(=O)OCC. The van der Waals surface area contributed by atoms with Gasteiger partial charge in [0, 0.05) is 7.11 Å². The van der Waals surface area contributed by atoms with E-state index in [0.29, 0.717) is 13.2 Å². The molecule has 78 valence electrons. The number of ether oxygens (including phenoxy) is 2. The zero-order chi connectivity index (χ0) is 10.1. The first-order valence-electron chi connectivity index (χ1n) is 4.65. The molecule has 0 saturated heterocycles. The first kappa shape index (κ1) is 12.4. The molecule has 0 aliphatic heterocycles. The van der Waals surface area contributed by atoms with Gasteiger partial charge in [-0.2, -0.15) is 0 Å². The van der Waals surface area contributed by atoms with Crippen LogP contribution in [0.25, 0.3) is 0 Å². The number of esters is 1. The summed E-state index contributed by atoms with van der Waals surface area (Å²) in [5, 5.41) is 3.06. The van der Waals surface area contributed by atoms with Gasteiger partial charge in [0.25, 0.3) is 0 Å². The van der Waals surface area contributed by atoms with Crippen LogP contribution in [0.1, 0.15) is 20.3 Å². The van der Waals surface area contributed by atoms with Crippen LogP contribution in [0, 0.1) is 0 Å². The molecule has 0 amide bonds. The molecule has 0 aromatic rings. The fraction of sp³-hybridized carbons (Fsp3) is 0.889. The van der Waals surface area contributed by atoms with Crippen LogP contribution in [0.3, 0.4) is 0 Å². The van der Waals surface area contributed by atoms with Gasteiger partial charge in [0.2, 0.25) is 0 Å². The van der Waals surface area contributed by atoms with E-state index >= 15 is 0 Å². The lowest BCUT2D eigenvalue weighted by Crippen LogP contribution is -2.41. The Morgan fingerprint density at radius 3 is 2.62 bits per heavy atom. The summed E-state index contributed by atoms with van der Waals surface area (Å²) in [4.78, 5) is 11.3. The van der Waals surface area contributed by atoms with Gasteiger partial charge >= 0.3 is 5.97 Å². The van der Waals surface area contributed by atoms with Gasteiger partial charge in [-0.1, -0.05) is 6.92 Å². The van der Waals surface area contributed by atoms with Crippen LogP contribution in [0.5, 0.6) is 0 Å². The average Bonchev–Trinajstić information content (AvgIpc) is 2.12. The van der Waals surface area contributed by atoms with Crippen molar-refractivity contribution in [3.05, 3.63) is 0 Å². The normalized spacial score (nSPS) is 12.5. The minimum atomic E-state index is -0.329. The number of carbonyl (C=O) groups excluding carboxylic acids is 1. The molecule has 0 spiro atoms. The number of methoxy groups -OCH3 is 1. The maximum atomic E-state index is 11.3. The van der Waals surface area contributed by atoms with Crippen molar-refractivity contribution in [1.29, 1.82) is 0 Å². The summed E-state index contributed by atoms with van der Waals surface area (Å²) in [6, 6.07) is -0.329. The molecule has 13 heavy (non-hydrogen) atoms. The predicted molar refractivity (Wildman–Crippen MR) is 50.6 cm³/mol. The molecule has 4 nitrogen and oxygen atoms in total. The van der Waals surface area contributed by atoms with Crippen molar-refractivity contribution >= 4 is 5.97 Å². The molecule has 0 fully saturated rings. The molecule has 0 aromatic heterocycles. The highest BCUT2D eigenvalue weighted by molar-refractivity contribution is 5.75. The summed E-state index contributed by atoms with van der Waals surface area (Å²) >= 11 is 0. The van der Waals surface area contributed by atoms with E-state index in [9.17, 15) is 4.79 Å². The molecule has 4 heteroatoms. The molecule has 0 unspecified atom stereocenters. The number of hydrogen-bond donors (Lipinski definition) is 1. The number of carbonyl (C=O) groups is 1. The molecule has 0 heterocycles. The van der Waals surface area contributed by atoms with Crippen molar-refractivity contribution in [3.63, 3.8) is 0 Å². The third-order valence-electron chi connectivity index (χ3n) is 1.55. The first-order chi connectivity index (χ1) is 6.26. The van der Waals surface area contributed by atoms with Crippen LogP contribution in [0.2, 0.25) is 0 Å². The Kier molecular flexibility index (Phi) is 7.63. The summed E-state index contributed by atoms with van der Waals surface area (Å²) in [5.74, 6) is -0.238. The van der Waals surface area contributed by atoms with E-state index in [1.54, 1.807) is 14.0 Å². The van der Waals surface area contributed by atoms with Gasteiger partial charge in [-0.25, -0.2) is 0 Å². The highest BCUT2D eigenvalue weighted by atomic mass is 16.5. The molecular weight excluding hydrogens is 170 g/mol. The van der Waals surface area contributed by atoms with E-state index in [2.05, 4.69) is 5.32 Å². The Balaban J connectivity index is 3.83. The number of nitrogens with one attached hydrogen (secondary N) is 1. The number of rotatable bonds is 7. The van der Waals surface area contributed by atoms with Crippen molar-refractivity contribution in [1.82, 2.24) is 5.32 Å². The van der Waals surface area contributed by atoms with Crippen LogP contribution in [0.4, 0.5) is 0 Å². The van der Waals surface area contributed by atoms with Gasteiger partial charge in [0.1, 0.15) is 6.04 Å².